The number of nitrogen functional groups attached to an aromatic ring is 1. The second kappa shape index (κ2) is 5.89. The molecule has 0 bridgehead atoms. The van der Waals surface area contributed by atoms with Crippen molar-refractivity contribution in [3.8, 4) is 0 Å². The molecule has 19 heavy (non-hydrogen) atoms. The van der Waals surface area contributed by atoms with E-state index in [9.17, 15) is 4.79 Å². The van der Waals surface area contributed by atoms with E-state index >= 15 is 0 Å². The van der Waals surface area contributed by atoms with Crippen molar-refractivity contribution in [2.75, 3.05) is 5.73 Å². The predicted molar refractivity (Wildman–Crippen MR) is 79.7 cm³/mol. The van der Waals surface area contributed by atoms with E-state index in [1.54, 1.807) is 6.07 Å². The molecule has 0 radical (unpaired) electrons. The number of rotatable bonds is 4. The second-order valence-electron chi connectivity index (χ2n) is 4.63. The molecule has 2 aromatic carbocycles. The van der Waals surface area contributed by atoms with Crippen LogP contribution in [0.1, 0.15) is 27.9 Å². The van der Waals surface area contributed by atoms with Gasteiger partial charge in [-0.3, -0.25) is 4.79 Å². The highest BCUT2D eigenvalue weighted by atomic mass is 35.5. The van der Waals surface area contributed by atoms with Gasteiger partial charge >= 0.3 is 0 Å². The molecule has 0 amide bonds. The zero-order valence-corrected chi connectivity index (χ0v) is 11.6. The van der Waals surface area contributed by atoms with E-state index in [0.717, 1.165) is 16.8 Å². The Labute approximate surface area is 118 Å². The molecule has 0 atom stereocenters. The van der Waals surface area contributed by atoms with Crippen LogP contribution in [0, 0.1) is 6.92 Å². The zero-order valence-electron chi connectivity index (χ0n) is 10.8. The Hall–Kier alpha value is -1.80. The van der Waals surface area contributed by atoms with E-state index in [4.69, 9.17) is 17.3 Å². The first-order valence-electron chi connectivity index (χ1n) is 6.20. The molecule has 0 saturated carbocycles. The number of hydrogen-bond acceptors (Lipinski definition) is 2. The Morgan fingerprint density at radius 1 is 1.16 bits per heavy atom. The second-order valence-corrected chi connectivity index (χ2v) is 5.04. The van der Waals surface area contributed by atoms with E-state index in [1.165, 1.54) is 0 Å². The van der Waals surface area contributed by atoms with Crippen molar-refractivity contribution in [2.24, 2.45) is 0 Å². The molecule has 0 aromatic heterocycles. The number of benzene rings is 2. The van der Waals surface area contributed by atoms with Crippen molar-refractivity contribution in [2.45, 2.75) is 19.8 Å². The summed E-state index contributed by atoms with van der Waals surface area (Å²) in [5, 5.41) is 0.637. The maximum atomic E-state index is 12.1. The highest BCUT2D eigenvalue weighted by Gasteiger charge is 2.07. The van der Waals surface area contributed by atoms with Gasteiger partial charge in [0.2, 0.25) is 0 Å². The van der Waals surface area contributed by atoms with Gasteiger partial charge in [-0.1, -0.05) is 35.9 Å². The Morgan fingerprint density at radius 3 is 2.47 bits per heavy atom. The average Bonchev–Trinajstić information content (AvgIpc) is 2.41. The Kier molecular flexibility index (Phi) is 4.23. The van der Waals surface area contributed by atoms with Crippen LogP contribution in [0.25, 0.3) is 0 Å². The minimum Gasteiger partial charge on any atom is -0.399 e. The van der Waals surface area contributed by atoms with Crippen LogP contribution in [0.2, 0.25) is 5.02 Å². The van der Waals surface area contributed by atoms with Crippen LogP contribution < -0.4 is 5.73 Å². The molecule has 0 unspecified atom stereocenters. The van der Waals surface area contributed by atoms with Crippen LogP contribution in [0.4, 0.5) is 5.69 Å². The van der Waals surface area contributed by atoms with Gasteiger partial charge in [0.05, 0.1) is 0 Å². The number of aryl methyl sites for hydroxylation is 2. The summed E-state index contributed by atoms with van der Waals surface area (Å²) in [6, 6.07) is 13.0. The van der Waals surface area contributed by atoms with E-state index in [2.05, 4.69) is 0 Å². The minimum absolute atomic E-state index is 0.110. The van der Waals surface area contributed by atoms with Crippen molar-refractivity contribution >= 4 is 23.1 Å². The van der Waals surface area contributed by atoms with Crippen LogP contribution in [0.3, 0.4) is 0 Å². The van der Waals surface area contributed by atoms with E-state index < -0.39 is 0 Å². The molecule has 0 saturated heterocycles. The molecule has 2 N–H and O–H groups in total. The summed E-state index contributed by atoms with van der Waals surface area (Å²) >= 11 is 6.03. The fraction of sp³-hybridized carbons (Fsp3) is 0.188. The molecule has 2 aromatic rings. The van der Waals surface area contributed by atoms with Gasteiger partial charge in [-0.05, 0) is 42.7 Å². The van der Waals surface area contributed by atoms with Crippen LogP contribution >= 0.6 is 11.6 Å². The normalized spacial score (nSPS) is 10.4. The Balaban J connectivity index is 2.01. The molecule has 0 heterocycles. The largest absolute Gasteiger partial charge is 0.399 e. The number of ketones is 1. The van der Waals surface area contributed by atoms with Crippen LogP contribution in [0.5, 0.6) is 0 Å². The van der Waals surface area contributed by atoms with Gasteiger partial charge in [0.1, 0.15) is 0 Å². The minimum atomic E-state index is 0.110. The Morgan fingerprint density at radius 2 is 1.84 bits per heavy atom. The van der Waals surface area contributed by atoms with Crippen molar-refractivity contribution in [3.05, 3.63) is 64.2 Å². The van der Waals surface area contributed by atoms with E-state index in [0.29, 0.717) is 23.4 Å². The van der Waals surface area contributed by atoms with Gasteiger partial charge in [-0.15, -0.1) is 0 Å². The number of nitrogens with two attached hydrogens (primary N) is 1. The maximum Gasteiger partial charge on any atom is 0.163 e. The van der Waals surface area contributed by atoms with Gasteiger partial charge < -0.3 is 5.73 Å². The molecule has 0 spiro atoms. The lowest BCUT2D eigenvalue weighted by Gasteiger charge is -2.04. The fourth-order valence-electron chi connectivity index (χ4n) is 1.85. The SMILES string of the molecule is Cc1ccc(C(=O)CCc2ccc(N)cc2)cc1Cl. The van der Waals surface area contributed by atoms with Gasteiger partial charge in [0.15, 0.2) is 5.78 Å². The average molecular weight is 274 g/mol. The number of Topliss-reactive ketones (excluding diaryl/α,β-unsaturated/α-hetero) is 1. The van der Waals surface area contributed by atoms with Crippen LogP contribution in [0.15, 0.2) is 42.5 Å². The number of halogens is 1. The molecule has 0 aliphatic carbocycles. The molecule has 0 aliphatic rings. The van der Waals surface area contributed by atoms with Gasteiger partial charge in [0, 0.05) is 22.7 Å². The van der Waals surface area contributed by atoms with Crippen molar-refractivity contribution in [1.29, 1.82) is 0 Å². The van der Waals surface area contributed by atoms with Crippen molar-refractivity contribution in [1.82, 2.24) is 0 Å². The van der Waals surface area contributed by atoms with Crippen molar-refractivity contribution in [3.63, 3.8) is 0 Å². The third kappa shape index (κ3) is 3.58. The van der Waals surface area contributed by atoms with Gasteiger partial charge in [0.25, 0.3) is 0 Å². The molecular weight excluding hydrogens is 258 g/mol. The topological polar surface area (TPSA) is 43.1 Å². The summed E-state index contributed by atoms with van der Waals surface area (Å²) < 4.78 is 0. The summed E-state index contributed by atoms with van der Waals surface area (Å²) in [6.07, 6.45) is 1.19. The lowest BCUT2D eigenvalue weighted by molar-refractivity contribution is 0.0983. The Bertz CT molecular complexity index is 590. The third-order valence-corrected chi connectivity index (χ3v) is 3.52. The summed E-state index contributed by atoms with van der Waals surface area (Å²) in [6.45, 7) is 1.92. The smallest absolute Gasteiger partial charge is 0.163 e. The monoisotopic (exact) mass is 273 g/mol. The van der Waals surface area contributed by atoms with Crippen LogP contribution in [-0.2, 0) is 6.42 Å². The summed E-state index contributed by atoms with van der Waals surface area (Å²) in [7, 11) is 0. The molecule has 2 nitrogen and oxygen atoms in total. The lowest BCUT2D eigenvalue weighted by Crippen LogP contribution is -2.01. The van der Waals surface area contributed by atoms with E-state index in [-0.39, 0.29) is 5.78 Å². The lowest BCUT2D eigenvalue weighted by atomic mass is 10.0. The first kappa shape index (κ1) is 13.6. The predicted octanol–water partition coefficient (Wildman–Crippen LogP) is 4.05. The van der Waals surface area contributed by atoms with Gasteiger partial charge in [-0.25, -0.2) is 0 Å². The van der Waals surface area contributed by atoms with E-state index in [1.807, 2.05) is 43.3 Å². The number of anilines is 1. The molecular formula is C16H16ClNO. The molecule has 2 rings (SSSR count). The molecule has 3 heteroatoms. The van der Waals surface area contributed by atoms with Crippen LogP contribution in [-0.4, -0.2) is 5.78 Å². The molecule has 0 aliphatic heterocycles. The zero-order chi connectivity index (χ0) is 13.8. The fourth-order valence-corrected chi connectivity index (χ4v) is 2.03. The van der Waals surface area contributed by atoms with Crippen molar-refractivity contribution < 1.29 is 4.79 Å². The number of carbonyl (C=O) groups excluding carboxylic acids is 1. The quantitative estimate of drug-likeness (QED) is 0.675. The number of hydrogen-bond donors (Lipinski definition) is 1. The first-order valence-corrected chi connectivity index (χ1v) is 6.58. The highest BCUT2D eigenvalue weighted by Crippen LogP contribution is 2.18. The summed E-state index contributed by atoms with van der Waals surface area (Å²) in [5.41, 5.74) is 9.13. The molecule has 98 valence electrons. The highest BCUT2D eigenvalue weighted by molar-refractivity contribution is 6.31. The maximum absolute atomic E-state index is 12.1. The third-order valence-electron chi connectivity index (χ3n) is 3.11. The summed E-state index contributed by atoms with van der Waals surface area (Å²) in [4.78, 5) is 12.1. The summed E-state index contributed by atoms with van der Waals surface area (Å²) in [5.74, 6) is 0.110. The number of carbonyl (C=O) groups is 1. The molecule has 0 fully saturated rings. The standard InChI is InChI=1S/C16H16ClNO/c1-11-2-6-13(10-15(11)17)16(19)9-5-12-3-7-14(18)8-4-12/h2-4,6-8,10H,5,9,18H2,1H3. The first-order chi connectivity index (χ1) is 9.06. The van der Waals surface area contributed by atoms with Gasteiger partial charge in [-0.2, -0.15) is 0 Å².